The molecular weight excluding hydrogens is 462 g/mol. The summed E-state index contributed by atoms with van der Waals surface area (Å²) in [7, 11) is 1.86. The van der Waals surface area contributed by atoms with Crippen molar-refractivity contribution in [2.75, 3.05) is 17.7 Å². The molecular formula is C29H25N7O. The Hall–Kier alpha value is -5.03. The van der Waals surface area contributed by atoms with Gasteiger partial charge in [-0.1, -0.05) is 42.5 Å². The Labute approximate surface area is 214 Å². The second-order valence-corrected chi connectivity index (χ2v) is 8.63. The Morgan fingerprint density at radius 1 is 1.00 bits per heavy atom. The number of rotatable bonds is 6. The van der Waals surface area contributed by atoms with Crippen LogP contribution in [0.15, 0.2) is 83.8 Å². The summed E-state index contributed by atoms with van der Waals surface area (Å²) in [6.07, 6.45) is 1.49. The first-order valence-corrected chi connectivity index (χ1v) is 11.9. The van der Waals surface area contributed by atoms with Gasteiger partial charge in [-0.3, -0.25) is 9.36 Å². The molecule has 2 aromatic heterocycles. The number of aryl methyl sites for hydroxylation is 1. The van der Waals surface area contributed by atoms with Crippen LogP contribution in [0.25, 0.3) is 27.7 Å². The van der Waals surface area contributed by atoms with Crippen molar-refractivity contribution in [3.8, 4) is 22.9 Å². The molecule has 0 fully saturated rings. The lowest BCUT2D eigenvalue weighted by atomic mass is 10.0. The summed E-state index contributed by atoms with van der Waals surface area (Å²) in [5, 5.41) is 16.5. The van der Waals surface area contributed by atoms with Crippen molar-refractivity contribution in [1.29, 1.82) is 5.26 Å². The standard InChI is InChI=1S/C29H25N7O/c1-18(33-27-21(16-30)17-32-19(2)34-27)28-35-25-14-8-13-24(20-9-7-10-22(15-20)31-3)26(25)29(37)36(28)23-11-5-4-6-12-23/h4-15,17-18,31H,1-3H3,(H,32,33,34). The molecule has 3 aromatic carbocycles. The molecule has 8 nitrogen and oxygen atoms in total. The number of hydrogen-bond donors (Lipinski definition) is 2. The number of nitrogens with one attached hydrogen (secondary N) is 2. The van der Waals surface area contributed by atoms with Gasteiger partial charge in [-0.15, -0.1) is 0 Å². The molecule has 2 N–H and O–H groups in total. The molecule has 2 heterocycles. The minimum absolute atomic E-state index is 0.176. The van der Waals surface area contributed by atoms with Gasteiger partial charge in [0.05, 0.1) is 28.8 Å². The lowest BCUT2D eigenvalue weighted by Gasteiger charge is -2.21. The van der Waals surface area contributed by atoms with Gasteiger partial charge in [0.25, 0.3) is 5.56 Å². The summed E-state index contributed by atoms with van der Waals surface area (Å²) < 4.78 is 1.63. The zero-order chi connectivity index (χ0) is 25.9. The van der Waals surface area contributed by atoms with Crippen LogP contribution in [0.4, 0.5) is 11.5 Å². The molecule has 0 spiro atoms. The number of hydrogen-bond acceptors (Lipinski definition) is 7. The van der Waals surface area contributed by atoms with Crippen LogP contribution in [-0.2, 0) is 0 Å². The topological polar surface area (TPSA) is 109 Å². The van der Waals surface area contributed by atoms with Crippen molar-refractivity contribution in [2.45, 2.75) is 19.9 Å². The van der Waals surface area contributed by atoms with Gasteiger partial charge in [-0.25, -0.2) is 15.0 Å². The first-order valence-electron chi connectivity index (χ1n) is 11.9. The maximum Gasteiger partial charge on any atom is 0.266 e. The van der Waals surface area contributed by atoms with Crippen molar-refractivity contribution in [3.05, 3.63) is 107 Å². The van der Waals surface area contributed by atoms with Gasteiger partial charge in [-0.2, -0.15) is 5.26 Å². The summed E-state index contributed by atoms with van der Waals surface area (Å²) in [5.41, 5.74) is 4.11. The van der Waals surface area contributed by atoms with E-state index in [0.29, 0.717) is 39.6 Å². The SMILES string of the molecule is CNc1cccc(-c2cccc3nc(C(C)Nc4nc(C)ncc4C#N)n(-c4ccccc4)c(=O)c23)c1. The van der Waals surface area contributed by atoms with Crippen molar-refractivity contribution in [1.82, 2.24) is 19.5 Å². The second kappa shape index (κ2) is 9.91. The van der Waals surface area contributed by atoms with Gasteiger partial charge in [0.15, 0.2) is 0 Å². The fourth-order valence-corrected chi connectivity index (χ4v) is 4.38. The lowest BCUT2D eigenvalue weighted by molar-refractivity contribution is 0.729. The molecule has 8 heteroatoms. The lowest BCUT2D eigenvalue weighted by Crippen LogP contribution is -2.28. The number of para-hydroxylation sites is 1. The molecule has 182 valence electrons. The molecule has 0 bridgehead atoms. The van der Waals surface area contributed by atoms with Gasteiger partial charge in [0.1, 0.15) is 29.1 Å². The monoisotopic (exact) mass is 487 g/mol. The summed E-state index contributed by atoms with van der Waals surface area (Å²) in [5.74, 6) is 1.44. The zero-order valence-electron chi connectivity index (χ0n) is 20.7. The van der Waals surface area contributed by atoms with E-state index in [9.17, 15) is 10.1 Å². The van der Waals surface area contributed by atoms with Crippen molar-refractivity contribution in [3.63, 3.8) is 0 Å². The number of fused-ring (bicyclic) bond motifs is 1. The highest BCUT2D eigenvalue weighted by Crippen LogP contribution is 2.30. The van der Waals surface area contributed by atoms with Gasteiger partial charge < -0.3 is 10.6 Å². The molecule has 1 atom stereocenters. The van der Waals surface area contributed by atoms with E-state index in [0.717, 1.165) is 16.8 Å². The van der Waals surface area contributed by atoms with E-state index >= 15 is 0 Å². The largest absolute Gasteiger partial charge is 0.388 e. The molecule has 37 heavy (non-hydrogen) atoms. The van der Waals surface area contributed by atoms with E-state index in [1.165, 1.54) is 6.20 Å². The predicted molar refractivity (Wildman–Crippen MR) is 146 cm³/mol. The third kappa shape index (κ3) is 4.50. The quantitative estimate of drug-likeness (QED) is 0.337. The molecule has 0 amide bonds. The predicted octanol–water partition coefficient (Wildman–Crippen LogP) is 5.24. The number of aromatic nitrogens is 4. The molecule has 0 aliphatic carbocycles. The Kier molecular flexibility index (Phi) is 6.35. The maximum absolute atomic E-state index is 14.2. The van der Waals surface area contributed by atoms with Gasteiger partial charge in [0.2, 0.25) is 0 Å². The number of nitriles is 1. The van der Waals surface area contributed by atoms with Crippen LogP contribution >= 0.6 is 0 Å². The summed E-state index contributed by atoms with van der Waals surface area (Å²) in [6.45, 7) is 3.65. The first-order chi connectivity index (χ1) is 18.0. The zero-order valence-corrected chi connectivity index (χ0v) is 20.7. The molecule has 0 saturated carbocycles. The van der Waals surface area contributed by atoms with Crippen LogP contribution in [0.2, 0.25) is 0 Å². The third-order valence-corrected chi connectivity index (χ3v) is 6.17. The smallest absolute Gasteiger partial charge is 0.266 e. The second-order valence-electron chi connectivity index (χ2n) is 8.63. The van der Waals surface area contributed by atoms with E-state index in [-0.39, 0.29) is 5.56 Å². The molecule has 0 radical (unpaired) electrons. The molecule has 0 aliphatic rings. The Balaban J connectivity index is 1.74. The number of benzene rings is 3. The maximum atomic E-state index is 14.2. The summed E-state index contributed by atoms with van der Waals surface area (Å²) in [6, 6.07) is 24.7. The van der Waals surface area contributed by atoms with E-state index in [1.54, 1.807) is 11.5 Å². The Morgan fingerprint density at radius 2 is 1.78 bits per heavy atom. The highest BCUT2D eigenvalue weighted by molar-refractivity contribution is 5.94. The minimum atomic E-state index is -0.449. The van der Waals surface area contributed by atoms with E-state index < -0.39 is 6.04 Å². The average molecular weight is 488 g/mol. The molecule has 0 saturated heterocycles. The summed E-state index contributed by atoms with van der Waals surface area (Å²) >= 11 is 0. The highest BCUT2D eigenvalue weighted by Gasteiger charge is 2.21. The Bertz CT molecular complexity index is 1700. The molecule has 0 aliphatic heterocycles. The van der Waals surface area contributed by atoms with Gasteiger partial charge in [-0.05, 0) is 55.3 Å². The van der Waals surface area contributed by atoms with Crippen LogP contribution in [0.3, 0.4) is 0 Å². The fourth-order valence-electron chi connectivity index (χ4n) is 4.38. The number of anilines is 2. The number of nitrogens with zero attached hydrogens (tertiary/aromatic N) is 5. The van der Waals surface area contributed by atoms with Crippen molar-refractivity contribution >= 4 is 22.4 Å². The van der Waals surface area contributed by atoms with Crippen molar-refractivity contribution < 1.29 is 0 Å². The first kappa shape index (κ1) is 23.7. The van der Waals surface area contributed by atoms with E-state index in [4.69, 9.17) is 4.98 Å². The van der Waals surface area contributed by atoms with Gasteiger partial charge >= 0.3 is 0 Å². The minimum Gasteiger partial charge on any atom is -0.388 e. The third-order valence-electron chi connectivity index (χ3n) is 6.17. The fraction of sp³-hybridized carbons (Fsp3) is 0.138. The average Bonchev–Trinajstić information content (AvgIpc) is 2.93. The van der Waals surface area contributed by atoms with Crippen LogP contribution in [-0.4, -0.2) is 26.6 Å². The van der Waals surface area contributed by atoms with E-state index in [1.807, 2.05) is 86.8 Å². The van der Waals surface area contributed by atoms with Crippen LogP contribution in [0.5, 0.6) is 0 Å². The summed E-state index contributed by atoms with van der Waals surface area (Å²) in [4.78, 5) is 27.7. The Morgan fingerprint density at radius 3 is 2.54 bits per heavy atom. The molecule has 5 rings (SSSR count). The van der Waals surface area contributed by atoms with Gasteiger partial charge in [0, 0.05) is 12.7 Å². The molecule has 5 aromatic rings. The van der Waals surface area contributed by atoms with Crippen LogP contribution in [0, 0.1) is 18.3 Å². The normalized spacial score (nSPS) is 11.6. The van der Waals surface area contributed by atoms with Crippen molar-refractivity contribution in [2.24, 2.45) is 0 Å². The van der Waals surface area contributed by atoms with Crippen LogP contribution < -0.4 is 16.2 Å². The van der Waals surface area contributed by atoms with Crippen LogP contribution in [0.1, 0.15) is 30.2 Å². The molecule has 1 unspecified atom stereocenters. The van der Waals surface area contributed by atoms with E-state index in [2.05, 4.69) is 26.7 Å². The highest BCUT2D eigenvalue weighted by atomic mass is 16.1.